The summed E-state index contributed by atoms with van der Waals surface area (Å²) < 4.78 is 5.43. The van der Waals surface area contributed by atoms with E-state index in [1.54, 1.807) is 6.33 Å². The van der Waals surface area contributed by atoms with E-state index >= 15 is 0 Å². The van der Waals surface area contributed by atoms with E-state index in [9.17, 15) is 4.79 Å². The van der Waals surface area contributed by atoms with Gasteiger partial charge in [0.05, 0.1) is 32.1 Å². The summed E-state index contributed by atoms with van der Waals surface area (Å²) in [6.07, 6.45) is 3.64. The van der Waals surface area contributed by atoms with Crippen molar-refractivity contribution < 1.29 is 9.53 Å². The van der Waals surface area contributed by atoms with Crippen molar-refractivity contribution in [3.63, 3.8) is 0 Å². The second-order valence-electron chi connectivity index (χ2n) is 8.49. The van der Waals surface area contributed by atoms with Gasteiger partial charge < -0.3 is 14.6 Å². The third-order valence-electron chi connectivity index (χ3n) is 6.61. The fourth-order valence-electron chi connectivity index (χ4n) is 5.25. The van der Waals surface area contributed by atoms with Crippen LogP contribution in [-0.4, -0.2) is 83.1 Å². The number of morpholine rings is 1. The van der Waals surface area contributed by atoms with Gasteiger partial charge in [0.2, 0.25) is 5.91 Å². The number of likely N-dealkylation sites (tertiary alicyclic amines) is 2. The Hall–Kier alpha value is -2.22. The molecular weight excluding hydrogens is 366 g/mol. The Labute approximate surface area is 171 Å². The first kappa shape index (κ1) is 18.8. The lowest BCUT2D eigenvalue weighted by atomic mass is 9.89. The minimum Gasteiger partial charge on any atom is -0.379 e. The van der Waals surface area contributed by atoms with Crippen LogP contribution in [-0.2, 0) is 16.1 Å². The molecule has 0 bridgehead atoms. The quantitative estimate of drug-likeness (QED) is 0.829. The van der Waals surface area contributed by atoms with Gasteiger partial charge in [0.15, 0.2) is 0 Å². The fourth-order valence-corrected chi connectivity index (χ4v) is 5.25. The SMILES string of the molecule is O=C(CN1CCOCC1)N1C[C@@H]2CN(Cc3cnc[nH]3)C[C@@H]2[C@H]1c1ccccc1. The minimum atomic E-state index is 0.168. The molecular formula is C22H29N5O2. The zero-order valence-electron chi connectivity index (χ0n) is 16.7. The molecule has 5 rings (SSSR count). The third-order valence-corrected chi connectivity index (χ3v) is 6.61. The van der Waals surface area contributed by atoms with Gasteiger partial charge in [-0.3, -0.25) is 14.6 Å². The van der Waals surface area contributed by atoms with E-state index in [1.807, 2.05) is 6.20 Å². The zero-order chi connectivity index (χ0) is 19.6. The number of imidazole rings is 1. The number of ether oxygens (including phenoxy) is 1. The van der Waals surface area contributed by atoms with Crippen molar-refractivity contribution in [1.82, 2.24) is 24.7 Å². The molecule has 7 heteroatoms. The number of aromatic nitrogens is 2. The Balaban J connectivity index is 1.32. The molecule has 3 aliphatic rings. The Morgan fingerprint density at radius 1 is 1.10 bits per heavy atom. The lowest BCUT2D eigenvalue weighted by molar-refractivity contribution is -0.135. The fraction of sp³-hybridized carbons (Fsp3) is 0.545. The van der Waals surface area contributed by atoms with Crippen LogP contribution in [0.5, 0.6) is 0 Å². The van der Waals surface area contributed by atoms with E-state index in [0.717, 1.165) is 58.2 Å². The van der Waals surface area contributed by atoms with Crippen molar-refractivity contribution in [2.24, 2.45) is 11.8 Å². The predicted molar refractivity (Wildman–Crippen MR) is 109 cm³/mol. The molecule has 1 aromatic carbocycles. The van der Waals surface area contributed by atoms with Crippen molar-refractivity contribution in [2.75, 3.05) is 52.5 Å². The summed E-state index contributed by atoms with van der Waals surface area (Å²) in [4.78, 5) is 27.5. The highest BCUT2D eigenvalue weighted by atomic mass is 16.5. The first-order chi connectivity index (χ1) is 14.3. The summed E-state index contributed by atoms with van der Waals surface area (Å²) in [5.74, 6) is 1.26. The van der Waals surface area contributed by atoms with E-state index in [1.165, 1.54) is 5.56 Å². The number of carbonyl (C=O) groups excluding carboxylic acids is 1. The number of H-pyrrole nitrogens is 1. The van der Waals surface area contributed by atoms with Crippen LogP contribution in [0.1, 0.15) is 17.3 Å². The maximum Gasteiger partial charge on any atom is 0.237 e. The second-order valence-corrected chi connectivity index (χ2v) is 8.49. The molecule has 7 nitrogen and oxygen atoms in total. The molecule has 3 saturated heterocycles. The summed E-state index contributed by atoms with van der Waals surface area (Å²) in [6.45, 7) is 7.46. The second kappa shape index (κ2) is 8.26. The summed E-state index contributed by atoms with van der Waals surface area (Å²) >= 11 is 0. The first-order valence-electron chi connectivity index (χ1n) is 10.6. The van der Waals surface area contributed by atoms with Crippen LogP contribution in [0.15, 0.2) is 42.9 Å². The Morgan fingerprint density at radius 2 is 1.93 bits per heavy atom. The molecule has 29 heavy (non-hydrogen) atoms. The number of fused-ring (bicyclic) bond motifs is 1. The molecule has 0 saturated carbocycles. The van der Waals surface area contributed by atoms with Crippen molar-refractivity contribution in [2.45, 2.75) is 12.6 Å². The number of hydrogen-bond donors (Lipinski definition) is 1. The highest BCUT2D eigenvalue weighted by molar-refractivity contribution is 5.79. The summed E-state index contributed by atoms with van der Waals surface area (Å²) in [6, 6.07) is 10.8. The molecule has 3 atom stereocenters. The number of nitrogens with one attached hydrogen (secondary N) is 1. The maximum absolute atomic E-state index is 13.3. The van der Waals surface area contributed by atoms with Gasteiger partial charge in [-0.25, -0.2) is 4.98 Å². The van der Waals surface area contributed by atoms with Gasteiger partial charge in [0.25, 0.3) is 0 Å². The average molecular weight is 396 g/mol. The van der Waals surface area contributed by atoms with Gasteiger partial charge >= 0.3 is 0 Å². The molecule has 0 radical (unpaired) electrons. The van der Waals surface area contributed by atoms with Crippen LogP contribution in [0.25, 0.3) is 0 Å². The van der Waals surface area contributed by atoms with Gasteiger partial charge in [0.1, 0.15) is 0 Å². The lowest BCUT2D eigenvalue weighted by Crippen LogP contribution is -2.45. The van der Waals surface area contributed by atoms with Gasteiger partial charge in [0, 0.05) is 57.1 Å². The van der Waals surface area contributed by atoms with Crippen LogP contribution >= 0.6 is 0 Å². The minimum absolute atomic E-state index is 0.168. The molecule has 3 fully saturated rings. The molecule has 154 valence electrons. The molecule has 0 aliphatic carbocycles. The van der Waals surface area contributed by atoms with Gasteiger partial charge in [-0.2, -0.15) is 0 Å². The number of amides is 1. The number of hydrogen-bond acceptors (Lipinski definition) is 5. The van der Waals surface area contributed by atoms with Crippen LogP contribution in [0, 0.1) is 11.8 Å². The van der Waals surface area contributed by atoms with Crippen molar-refractivity contribution >= 4 is 5.91 Å². The van der Waals surface area contributed by atoms with Crippen molar-refractivity contribution in [3.8, 4) is 0 Å². The molecule has 2 aromatic rings. The number of benzene rings is 1. The van der Waals surface area contributed by atoms with E-state index in [-0.39, 0.29) is 11.9 Å². The van der Waals surface area contributed by atoms with Gasteiger partial charge in [-0.1, -0.05) is 30.3 Å². The van der Waals surface area contributed by atoms with Crippen molar-refractivity contribution in [1.29, 1.82) is 0 Å². The zero-order valence-corrected chi connectivity index (χ0v) is 16.7. The number of carbonyl (C=O) groups is 1. The summed E-state index contributed by atoms with van der Waals surface area (Å²) in [5, 5.41) is 0. The van der Waals surface area contributed by atoms with E-state index in [2.05, 4.69) is 55.0 Å². The number of nitrogens with zero attached hydrogens (tertiary/aromatic N) is 4. The third kappa shape index (κ3) is 3.95. The normalized spacial score (nSPS) is 28.0. The highest BCUT2D eigenvalue weighted by Gasteiger charge is 2.49. The molecule has 3 aliphatic heterocycles. The molecule has 0 spiro atoms. The standard InChI is InChI=1S/C22H29N5O2/c28-21(15-25-6-8-29-9-7-25)27-12-18-11-26(13-19-10-23-16-24-19)14-20(18)22(27)17-4-2-1-3-5-17/h1-5,10,16,18,20,22H,6-9,11-15H2,(H,23,24)/t18-,20-,22+/m0/s1. The Morgan fingerprint density at radius 3 is 2.69 bits per heavy atom. The van der Waals surface area contributed by atoms with Crippen LogP contribution in [0.2, 0.25) is 0 Å². The molecule has 1 N–H and O–H groups in total. The van der Waals surface area contributed by atoms with Crippen LogP contribution in [0.3, 0.4) is 0 Å². The van der Waals surface area contributed by atoms with Crippen LogP contribution in [0.4, 0.5) is 0 Å². The summed E-state index contributed by atoms with van der Waals surface area (Å²) in [7, 11) is 0. The first-order valence-corrected chi connectivity index (χ1v) is 10.6. The van der Waals surface area contributed by atoms with Gasteiger partial charge in [-0.05, 0) is 11.5 Å². The molecule has 4 heterocycles. The van der Waals surface area contributed by atoms with E-state index < -0.39 is 0 Å². The maximum atomic E-state index is 13.3. The predicted octanol–water partition coefficient (Wildman–Crippen LogP) is 1.37. The summed E-state index contributed by atoms with van der Waals surface area (Å²) in [5.41, 5.74) is 2.42. The number of rotatable bonds is 5. The molecule has 1 aromatic heterocycles. The highest BCUT2D eigenvalue weighted by Crippen LogP contribution is 2.45. The molecule has 0 unspecified atom stereocenters. The topological polar surface area (TPSA) is 64.7 Å². The average Bonchev–Trinajstić information content (AvgIpc) is 3.46. The van der Waals surface area contributed by atoms with Crippen molar-refractivity contribution in [3.05, 3.63) is 54.1 Å². The van der Waals surface area contributed by atoms with E-state index in [4.69, 9.17) is 4.74 Å². The Bertz CT molecular complexity index is 806. The smallest absolute Gasteiger partial charge is 0.237 e. The van der Waals surface area contributed by atoms with Crippen LogP contribution < -0.4 is 0 Å². The van der Waals surface area contributed by atoms with Gasteiger partial charge in [-0.15, -0.1) is 0 Å². The Kier molecular flexibility index (Phi) is 5.35. The van der Waals surface area contributed by atoms with E-state index in [0.29, 0.717) is 18.4 Å². The monoisotopic (exact) mass is 395 g/mol. The largest absolute Gasteiger partial charge is 0.379 e. The number of aromatic amines is 1. The lowest BCUT2D eigenvalue weighted by Gasteiger charge is -2.33. The molecule has 1 amide bonds.